The second kappa shape index (κ2) is 6.35. The Morgan fingerprint density at radius 2 is 1.95 bits per heavy atom. The summed E-state index contributed by atoms with van der Waals surface area (Å²) >= 11 is 0. The molecule has 2 rings (SSSR count). The fraction of sp³-hybridized carbons (Fsp3) is 0.438. The van der Waals surface area contributed by atoms with Crippen LogP contribution in [-0.2, 0) is 13.1 Å². The maximum absolute atomic E-state index is 13.7. The molecule has 0 bridgehead atoms. The highest BCUT2D eigenvalue weighted by atomic mass is 19.1. The third kappa shape index (κ3) is 3.67. The molecule has 114 valence electrons. The van der Waals surface area contributed by atoms with E-state index in [4.69, 9.17) is 0 Å². The Kier molecular flexibility index (Phi) is 4.73. The second-order valence-electron chi connectivity index (χ2n) is 5.58. The molecule has 1 heterocycles. The molecule has 1 aromatic carbocycles. The fourth-order valence-corrected chi connectivity index (χ4v) is 2.28. The van der Waals surface area contributed by atoms with E-state index in [0.29, 0.717) is 11.6 Å². The van der Waals surface area contributed by atoms with Crippen molar-refractivity contribution in [2.45, 2.75) is 46.8 Å². The first-order valence-electron chi connectivity index (χ1n) is 7.08. The van der Waals surface area contributed by atoms with Crippen molar-refractivity contribution in [2.24, 2.45) is 0 Å². The van der Waals surface area contributed by atoms with Crippen LogP contribution in [0, 0.1) is 25.5 Å². The van der Waals surface area contributed by atoms with Gasteiger partial charge in [-0.05, 0) is 32.0 Å². The van der Waals surface area contributed by atoms with Crippen molar-refractivity contribution < 1.29 is 8.78 Å². The highest BCUT2D eigenvalue weighted by molar-refractivity contribution is 5.26. The van der Waals surface area contributed by atoms with Crippen LogP contribution in [0.25, 0.3) is 0 Å². The van der Waals surface area contributed by atoms with E-state index in [2.05, 4.69) is 24.3 Å². The van der Waals surface area contributed by atoms with E-state index < -0.39 is 11.6 Å². The zero-order valence-corrected chi connectivity index (χ0v) is 12.9. The normalized spacial score (nSPS) is 11.4. The molecule has 0 amide bonds. The lowest BCUT2D eigenvalue weighted by molar-refractivity contribution is 0.560. The number of nitrogens with zero attached hydrogens (tertiary/aromatic N) is 2. The molecule has 2 aromatic rings. The monoisotopic (exact) mass is 293 g/mol. The lowest BCUT2D eigenvalue weighted by Crippen LogP contribution is -2.22. The molecule has 0 aliphatic heterocycles. The smallest absolute Gasteiger partial charge is 0.128 e. The Balaban J connectivity index is 2.25. The first-order valence-corrected chi connectivity index (χ1v) is 7.08. The third-order valence-corrected chi connectivity index (χ3v) is 3.55. The molecular weight excluding hydrogens is 272 g/mol. The number of benzene rings is 1. The van der Waals surface area contributed by atoms with Crippen molar-refractivity contribution in [3.8, 4) is 0 Å². The van der Waals surface area contributed by atoms with Crippen LogP contribution in [0.5, 0.6) is 0 Å². The number of hydrogen-bond donors (Lipinski definition) is 1. The number of hydrogen-bond acceptors (Lipinski definition) is 2. The van der Waals surface area contributed by atoms with Crippen LogP contribution in [-0.4, -0.2) is 15.8 Å². The summed E-state index contributed by atoms with van der Waals surface area (Å²) < 4.78 is 28.7. The van der Waals surface area contributed by atoms with Gasteiger partial charge in [-0.3, -0.25) is 4.68 Å². The first kappa shape index (κ1) is 15.6. The Morgan fingerprint density at radius 1 is 1.24 bits per heavy atom. The first-order chi connectivity index (χ1) is 9.88. The van der Waals surface area contributed by atoms with Crippen LogP contribution in [0.15, 0.2) is 18.2 Å². The van der Waals surface area contributed by atoms with Gasteiger partial charge in [0, 0.05) is 29.4 Å². The van der Waals surface area contributed by atoms with E-state index in [1.165, 1.54) is 6.07 Å². The molecule has 0 unspecified atom stereocenters. The van der Waals surface area contributed by atoms with Crippen LogP contribution in [0.1, 0.15) is 36.4 Å². The summed E-state index contributed by atoms with van der Waals surface area (Å²) in [5.41, 5.74) is 3.31. The number of rotatable bonds is 5. The zero-order chi connectivity index (χ0) is 15.6. The predicted octanol–water partition coefficient (Wildman–Crippen LogP) is 3.32. The van der Waals surface area contributed by atoms with Gasteiger partial charge < -0.3 is 5.32 Å². The van der Waals surface area contributed by atoms with Crippen LogP contribution in [0.4, 0.5) is 8.78 Å². The molecule has 0 spiro atoms. The Bertz CT molecular complexity index is 633. The molecule has 1 aromatic heterocycles. The molecule has 5 heteroatoms. The quantitative estimate of drug-likeness (QED) is 0.916. The van der Waals surface area contributed by atoms with Gasteiger partial charge >= 0.3 is 0 Å². The third-order valence-electron chi connectivity index (χ3n) is 3.55. The minimum atomic E-state index is -0.436. The van der Waals surface area contributed by atoms with Gasteiger partial charge in [-0.25, -0.2) is 8.78 Å². The van der Waals surface area contributed by atoms with Crippen molar-refractivity contribution in [3.05, 3.63) is 52.3 Å². The van der Waals surface area contributed by atoms with Crippen molar-refractivity contribution in [1.82, 2.24) is 15.1 Å². The standard InChI is InChI=1S/C16H21F2N3/c1-10(2)19-8-15-11(3)20-21(12(15)4)9-13-7-14(17)5-6-16(13)18/h5-7,10,19H,8-9H2,1-4H3. The van der Waals surface area contributed by atoms with Gasteiger partial charge in [-0.15, -0.1) is 0 Å². The van der Waals surface area contributed by atoms with E-state index in [1.54, 1.807) is 4.68 Å². The van der Waals surface area contributed by atoms with Gasteiger partial charge in [-0.2, -0.15) is 5.10 Å². The minimum absolute atomic E-state index is 0.234. The van der Waals surface area contributed by atoms with Gasteiger partial charge in [0.15, 0.2) is 0 Å². The van der Waals surface area contributed by atoms with Gasteiger partial charge in [-0.1, -0.05) is 13.8 Å². The molecule has 0 radical (unpaired) electrons. The average molecular weight is 293 g/mol. The van der Waals surface area contributed by atoms with Crippen LogP contribution in [0.3, 0.4) is 0 Å². The van der Waals surface area contributed by atoms with Crippen molar-refractivity contribution in [3.63, 3.8) is 0 Å². The summed E-state index contributed by atoms with van der Waals surface area (Å²) in [5, 5.41) is 7.80. The molecule has 0 saturated heterocycles. The summed E-state index contributed by atoms with van der Waals surface area (Å²) in [5.74, 6) is -0.847. The molecule has 0 atom stereocenters. The summed E-state index contributed by atoms with van der Waals surface area (Å²) in [4.78, 5) is 0. The lowest BCUT2D eigenvalue weighted by atomic mass is 10.1. The Morgan fingerprint density at radius 3 is 2.62 bits per heavy atom. The predicted molar refractivity (Wildman–Crippen MR) is 79.1 cm³/mol. The van der Waals surface area contributed by atoms with Crippen LogP contribution < -0.4 is 5.32 Å². The van der Waals surface area contributed by atoms with Crippen molar-refractivity contribution in [1.29, 1.82) is 0 Å². The van der Waals surface area contributed by atoms with Gasteiger partial charge in [0.2, 0.25) is 0 Å². The van der Waals surface area contributed by atoms with Gasteiger partial charge in [0.25, 0.3) is 0 Å². The zero-order valence-electron chi connectivity index (χ0n) is 12.9. The van der Waals surface area contributed by atoms with Gasteiger partial charge in [0.1, 0.15) is 11.6 Å². The van der Waals surface area contributed by atoms with Crippen molar-refractivity contribution in [2.75, 3.05) is 0 Å². The Hall–Kier alpha value is -1.75. The number of nitrogens with one attached hydrogen (secondary N) is 1. The molecule has 0 aliphatic rings. The maximum atomic E-state index is 13.7. The topological polar surface area (TPSA) is 29.9 Å². The van der Waals surface area contributed by atoms with Crippen LogP contribution >= 0.6 is 0 Å². The van der Waals surface area contributed by atoms with E-state index >= 15 is 0 Å². The van der Waals surface area contributed by atoms with E-state index in [0.717, 1.165) is 35.6 Å². The SMILES string of the molecule is Cc1nn(Cc2cc(F)ccc2F)c(C)c1CNC(C)C. The molecule has 0 aliphatic carbocycles. The molecule has 0 fully saturated rings. The van der Waals surface area contributed by atoms with E-state index in [1.807, 2.05) is 13.8 Å². The summed E-state index contributed by atoms with van der Waals surface area (Å²) in [6.45, 7) is 9.00. The number of aromatic nitrogens is 2. The van der Waals surface area contributed by atoms with Gasteiger partial charge in [0.05, 0.1) is 12.2 Å². The molecule has 21 heavy (non-hydrogen) atoms. The van der Waals surface area contributed by atoms with Crippen molar-refractivity contribution >= 4 is 0 Å². The number of aryl methyl sites for hydroxylation is 1. The van der Waals surface area contributed by atoms with Crippen LogP contribution in [0.2, 0.25) is 0 Å². The minimum Gasteiger partial charge on any atom is -0.310 e. The molecule has 1 N–H and O–H groups in total. The highest BCUT2D eigenvalue weighted by Gasteiger charge is 2.13. The lowest BCUT2D eigenvalue weighted by Gasteiger charge is -2.09. The Labute approximate surface area is 124 Å². The number of halogens is 2. The maximum Gasteiger partial charge on any atom is 0.128 e. The summed E-state index contributed by atoms with van der Waals surface area (Å²) in [7, 11) is 0. The van der Waals surface area contributed by atoms with E-state index in [-0.39, 0.29) is 6.54 Å². The molecule has 3 nitrogen and oxygen atoms in total. The fourth-order valence-electron chi connectivity index (χ4n) is 2.28. The largest absolute Gasteiger partial charge is 0.310 e. The molecular formula is C16H21F2N3. The summed E-state index contributed by atoms with van der Waals surface area (Å²) in [6, 6.07) is 3.88. The summed E-state index contributed by atoms with van der Waals surface area (Å²) in [6.07, 6.45) is 0. The highest BCUT2D eigenvalue weighted by Crippen LogP contribution is 2.17. The molecule has 0 saturated carbocycles. The average Bonchev–Trinajstić information content (AvgIpc) is 2.66. The van der Waals surface area contributed by atoms with E-state index in [9.17, 15) is 8.78 Å². The second-order valence-corrected chi connectivity index (χ2v) is 5.58.